The molecule has 4 aromatic rings. The van der Waals surface area contributed by atoms with Crippen LogP contribution in [0.15, 0.2) is 71.9 Å². The average molecular weight is 506 g/mol. The molecule has 0 saturated carbocycles. The Morgan fingerprint density at radius 2 is 1.72 bits per heavy atom. The number of fused-ring (bicyclic) bond motifs is 3. The highest BCUT2D eigenvalue weighted by Crippen LogP contribution is 2.34. The molecule has 1 aromatic heterocycles. The van der Waals surface area contributed by atoms with E-state index >= 15 is 0 Å². The van der Waals surface area contributed by atoms with Gasteiger partial charge in [-0.3, -0.25) is 9.79 Å². The predicted octanol–water partition coefficient (Wildman–Crippen LogP) is 6.17. The molecule has 5 rings (SSSR count). The van der Waals surface area contributed by atoms with E-state index in [1.165, 1.54) is 18.2 Å². The van der Waals surface area contributed by atoms with Crippen LogP contribution in [0, 0.1) is 11.6 Å². The van der Waals surface area contributed by atoms with Crippen LogP contribution in [-0.2, 0) is 6.54 Å². The lowest BCUT2D eigenvalue weighted by Crippen LogP contribution is -2.17. The van der Waals surface area contributed by atoms with Crippen molar-refractivity contribution in [3.63, 3.8) is 0 Å². The smallest absolute Gasteiger partial charge is 0.251 e. The summed E-state index contributed by atoms with van der Waals surface area (Å²) < 4.78 is 29.4. The van der Waals surface area contributed by atoms with Gasteiger partial charge in [0.1, 0.15) is 11.6 Å². The van der Waals surface area contributed by atoms with Crippen molar-refractivity contribution < 1.29 is 13.6 Å². The minimum atomic E-state index is -0.714. The van der Waals surface area contributed by atoms with Crippen LogP contribution in [0.25, 0.3) is 11.3 Å². The van der Waals surface area contributed by atoms with Crippen LogP contribution in [-0.4, -0.2) is 28.6 Å². The molecule has 0 bridgehead atoms. The fourth-order valence-electron chi connectivity index (χ4n) is 3.90. The second-order valence-corrected chi connectivity index (χ2v) is 8.24. The van der Waals surface area contributed by atoms with Gasteiger partial charge in [0.25, 0.3) is 5.91 Å². The molecule has 1 aliphatic rings. The maximum absolute atomic E-state index is 14.7. The van der Waals surface area contributed by atoms with Gasteiger partial charge in [-0.15, -0.1) is 0 Å². The first kappa shape index (κ1) is 24.9. The minimum Gasteiger partial charge on any atom is -0.355 e. The van der Waals surface area contributed by atoms with E-state index in [0.29, 0.717) is 44.6 Å². The van der Waals surface area contributed by atoms with Crippen LogP contribution < -0.4 is 10.6 Å². The molecule has 2 N–H and O–H groups in total. The van der Waals surface area contributed by atoms with E-state index in [0.717, 1.165) is 0 Å². The number of nitrogens with one attached hydrogen (secondary N) is 2. The number of nitrogens with zero attached hydrogens (tertiary/aromatic N) is 3. The van der Waals surface area contributed by atoms with E-state index in [4.69, 9.17) is 11.6 Å². The molecule has 0 unspecified atom stereocenters. The molecule has 36 heavy (non-hydrogen) atoms. The summed E-state index contributed by atoms with van der Waals surface area (Å²) in [6.45, 7) is 0.131. The molecule has 1 aliphatic heterocycles. The second kappa shape index (κ2) is 10.2. The van der Waals surface area contributed by atoms with Crippen molar-refractivity contribution >= 4 is 34.9 Å². The predicted molar refractivity (Wildman–Crippen MR) is 138 cm³/mol. The van der Waals surface area contributed by atoms with Crippen LogP contribution in [0.3, 0.4) is 0 Å². The average Bonchev–Trinajstić information content (AvgIpc) is 3.01. The number of halogens is 3. The summed E-state index contributed by atoms with van der Waals surface area (Å²) in [4.78, 5) is 25.4. The Labute approximate surface area is 212 Å². The molecule has 0 aliphatic carbocycles. The topological polar surface area (TPSA) is 79.3 Å². The van der Waals surface area contributed by atoms with Crippen LogP contribution in [0.5, 0.6) is 0 Å². The van der Waals surface area contributed by atoms with E-state index in [-0.39, 0.29) is 31.2 Å². The van der Waals surface area contributed by atoms with Crippen molar-refractivity contribution in [3.05, 3.63) is 106 Å². The summed E-state index contributed by atoms with van der Waals surface area (Å²) >= 11 is 6.26. The maximum Gasteiger partial charge on any atom is 0.251 e. The molecule has 9 heteroatoms. The lowest BCUT2D eigenvalue weighted by Gasteiger charge is -2.13. The van der Waals surface area contributed by atoms with Gasteiger partial charge in [-0.2, -0.15) is 0 Å². The number of carbonyl (C=O) groups is 1. The van der Waals surface area contributed by atoms with Crippen molar-refractivity contribution in [2.45, 2.75) is 14.0 Å². The van der Waals surface area contributed by atoms with E-state index in [1.807, 2.05) is 0 Å². The van der Waals surface area contributed by atoms with Crippen molar-refractivity contribution in [2.75, 3.05) is 12.4 Å². The highest BCUT2D eigenvalue weighted by atomic mass is 35.5. The zero-order valence-corrected chi connectivity index (χ0v) is 19.2. The zero-order chi connectivity index (χ0) is 24.5. The van der Waals surface area contributed by atoms with Gasteiger partial charge in [-0.25, -0.2) is 18.7 Å². The SMILES string of the molecule is C.CNC(=O)c1ccc(Nc2ncc3c(n2)-c2ccc(Cl)cc2C(c2c(F)cccc2F)=NC3)cc1. The quantitative estimate of drug-likeness (QED) is 0.348. The molecular weight excluding hydrogens is 484 g/mol. The van der Waals surface area contributed by atoms with E-state index in [2.05, 4.69) is 25.6 Å². The Morgan fingerprint density at radius 3 is 2.42 bits per heavy atom. The van der Waals surface area contributed by atoms with Gasteiger partial charge < -0.3 is 10.6 Å². The zero-order valence-electron chi connectivity index (χ0n) is 18.4. The molecule has 0 radical (unpaired) electrons. The fourth-order valence-corrected chi connectivity index (χ4v) is 4.07. The number of benzene rings is 3. The molecule has 0 atom stereocenters. The normalized spacial score (nSPS) is 11.8. The van der Waals surface area contributed by atoms with Crippen molar-refractivity contribution in [1.82, 2.24) is 15.3 Å². The van der Waals surface area contributed by atoms with Crippen molar-refractivity contribution in [3.8, 4) is 11.3 Å². The number of aromatic nitrogens is 2. The van der Waals surface area contributed by atoms with Crippen molar-refractivity contribution in [1.29, 1.82) is 0 Å². The lowest BCUT2D eigenvalue weighted by molar-refractivity contribution is 0.0963. The Balaban J connectivity index is 0.00000304. The highest BCUT2D eigenvalue weighted by Gasteiger charge is 2.25. The lowest BCUT2D eigenvalue weighted by atomic mass is 9.95. The van der Waals surface area contributed by atoms with Crippen LogP contribution in [0.1, 0.15) is 34.5 Å². The number of aliphatic imine (C=N–C) groups is 1. The third-order valence-corrected chi connectivity index (χ3v) is 5.83. The third kappa shape index (κ3) is 4.67. The summed E-state index contributed by atoms with van der Waals surface area (Å²) in [5.41, 5.74) is 3.53. The first-order valence-electron chi connectivity index (χ1n) is 10.7. The fraction of sp³-hybridized carbons (Fsp3) is 0.111. The summed E-state index contributed by atoms with van der Waals surface area (Å²) in [5, 5.41) is 6.10. The van der Waals surface area contributed by atoms with Gasteiger partial charge in [0, 0.05) is 46.2 Å². The van der Waals surface area contributed by atoms with E-state index < -0.39 is 11.6 Å². The third-order valence-electron chi connectivity index (χ3n) is 5.59. The van der Waals surface area contributed by atoms with Crippen LogP contribution in [0.2, 0.25) is 5.02 Å². The summed E-state index contributed by atoms with van der Waals surface area (Å²) in [6.07, 6.45) is 1.63. The Hall–Kier alpha value is -4.17. The minimum absolute atomic E-state index is 0. The molecule has 0 fully saturated rings. The molecule has 2 heterocycles. The number of amides is 1. The summed E-state index contributed by atoms with van der Waals surface area (Å²) in [6, 6.07) is 15.6. The van der Waals surface area contributed by atoms with Gasteiger partial charge in [0.05, 0.1) is 23.5 Å². The van der Waals surface area contributed by atoms with Crippen LogP contribution in [0.4, 0.5) is 20.4 Å². The molecule has 0 saturated heterocycles. The van der Waals surface area contributed by atoms with Gasteiger partial charge in [0.2, 0.25) is 5.95 Å². The largest absolute Gasteiger partial charge is 0.355 e. The highest BCUT2D eigenvalue weighted by molar-refractivity contribution is 6.31. The number of rotatable bonds is 4. The maximum atomic E-state index is 14.7. The molecule has 0 spiro atoms. The van der Waals surface area contributed by atoms with Gasteiger partial charge in [-0.1, -0.05) is 31.2 Å². The Morgan fingerprint density at radius 1 is 1.00 bits per heavy atom. The van der Waals surface area contributed by atoms with Gasteiger partial charge in [-0.05, 0) is 48.5 Å². The van der Waals surface area contributed by atoms with E-state index in [1.54, 1.807) is 55.7 Å². The number of hydrogen-bond donors (Lipinski definition) is 2. The van der Waals surface area contributed by atoms with Gasteiger partial charge >= 0.3 is 0 Å². The van der Waals surface area contributed by atoms with Crippen LogP contribution >= 0.6 is 11.6 Å². The molecule has 1 amide bonds. The van der Waals surface area contributed by atoms with Gasteiger partial charge in [0.15, 0.2) is 0 Å². The number of hydrogen-bond acceptors (Lipinski definition) is 5. The molecular formula is C27H22ClF2N5O. The Bertz CT molecular complexity index is 1470. The van der Waals surface area contributed by atoms with E-state index in [9.17, 15) is 13.6 Å². The first-order valence-corrected chi connectivity index (χ1v) is 11.1. The monoisotopic (exact) mass is 505 g/mol. The Kier molecular flexibility index (Phi) is 7.07. The summed E-state index contributed by atoms with van der Waals surface area (Å²) in [5.74, 6) is -1.29. The van der Waals surface area contributed by atoms with Crippen molar-refractivity contribution in [2.24, 2.45) is 4.99 Å². The molecule has 3 aromatic carbocycles. The molecule has 6 nitrogen and oxygen atoms in total. The standard InChI is InChI=1S/C26H18ClF2N5O.CH4/c1-30-25(35)14-5-8-17(9-6-14)33-26-32-13-15-12-31-24(22-20(28)3-2-4-21(22)29)19-11-16(27)7-10-18(19)23(15)34-26;/h2-11,13H,12H2,1H3,(H,30,35)(H,32,33,34);1H4. The summed E-state index contributed by atoms with van der Waals surface area (Å²) in [7, 11) is 1.57. The first-order chi connectivity index (χ1) is 16.9. The molecule has 182 valence electrons. The number of carbonyl (C=O) groups excluding carboxylic acids is 1. The second-order valence-electron chi connectivity index (χ2n) is 7.80. The number of anilines is 2.